The van der Waals surface area contributed by atoms with Crippen LogP contribution in [0.5, 0.6) is 0 Å². The second-order valence-corrected chi connectivity index (χ2v) is 5.26. The van der Waals surface area contributed by atoms with Gasteiger partial charge in [0.2, 0.25) is 5.91 Å². The summed E-state index contributed by atoms with van der Waals surface area (Å²) in [5.74, 6) is -2.63. The quantitative estimate of drug-likeness (QED) is 0.459. The minimum atomic E-state index is -1.13. The molecule has 1 atom stereocenters. The van der Waals surface area contributed by atoms with E-state index in [0.29, 0.717) is 5.02 Å². The van der Waals surface area contributed by atoms with Crippen molar-refractivity contribution in [2.45, 2.75) is 13.5 Å². The number of carbonyl (C=O) groups excluding carboxylic acids is 3. The van der Waals surface area contributed by atoms with Gasteiger partial charge in [-0.15, -0.1) is 0 Å². The summed E-state index contributed by atoms with van der Waals surface area (Å²) in [6.45, 7) is 5.08. The van der Waals surface area contributed by atoms with E-state index >= 15 is 0 Å². The fourth-order valence-electron chi connectivity index (χ4n) is 1.79. The van der Waals surface area contributed by atoms with Crippen molar-refractivity contribution in [3.63, 3.8) is 0 Å². The van der Waals surface area contributed by atoms with Crippen molar-refractivity contribution in [3.05, 3.63) is 47.0 Å². The molecule has 1 N–H and O–H groups in total. The Bertz CT molecular complexity index is 569. The largest absolute Gasteiger partial charge is 0.348 e. The third-order valence-corrected chi connectivity index (χ3v) is 3.45. The number of hydrogen-bond donors (Lipinski definition) is 2. The molecular weight excluding hydrogens is 310 g/mol. The van der Waals surface area contributed by atoms with Gasteiger partial charge < -0.3 is 5.32 Å². The maximum Gasteiger partial charge on any atom is 0.248 e. The van der Waals surface area contributed by atoms with E-state index in [2.05, 4.69) is 24.5 Å². The van der Waals surface area contributed by atoms with E-state index in [4.69, 9.17) is 11.6 Å². The first kappa shape index (κ1) is 17.5. The third kappa shape index (κ3) is 5.02. The first-order chi connectivity index (χ1) is 9.86. The SMILES string of the molecule is C=C(C(=O)NCc1ccc(Cl)cc1)C(C(C)=O)C(=O)CS. The Kier molecular flexibility index (Phi) is 6.65. The van der Waals surface area contributed by atoms with Crippen LogP contribution in [0.15, 0.2) is 36.4 Å². The molecule has 0 spiro atoms. The summed E-state index contributed by atoms with van der Waals surface area (Å²) >= 11 is 9.61. The molecule has 0 aliphatic heterocycles. The number of nitrogens with one attached hydrogen (secondary N) is 1. The van der Waals surface area contributed by atoms with Gasteiger partial charge in [0.25, 0.3) is 0 Å². The zero-order valence-corrected chi connectivity index (χ0v) is 13.2. The number of benzene rings is 1. The maximum absolute atomic E-state index is 12.0. The summed E-state index contributed by atoms with van der Waals surface area (Å²) in [6.07, 6.45) is 0. The number of rotatable bonds is 7. The Morgan fingerprint density at radius 3 is 2.33 bits per heavy atom. The first-order valence-electron chi connectivity index (χ1n) is 6.22. The van der Waals surface area contributed by atoms with E-state index in [-0.39, 0.29) is 17.9 Å². The third-order valence-electron chi connectivity index (χ3n) is 2.89. The van der Waals surface area contributed by atoms with Crippen LogP contribution in [0.25, 0.3) is 0 Å². The summed E-state index contributed by atoms with van der Waals surface area (Å²) < 4.78 is 0. The second kappa shape index (κ2) is 8.00. The summed E-state index contributed by atoms with van der Waals surface area (Å²) in [5.41, 5.74) is 0.788. The van der Waals surface area contributed by atoms with Crippen LogP contribution in [0.4, 0.5) is 0 Å². The molecule has 0 saturated carbocycles. The van der Waals surface area contributed by atoms with Crippen molar-refractivity contribution in [3.8, 4) is 0 Å². The van der Waals surface area contributed by atoms with Crippen molar-refractivity contribution in [2.24, 2.45) is 5.92 Å². The highest BCUT2D eigenvalue weighted by Crippen LogP contribution is 2.14. The second-order valence-electron chi connectivity index (χ2n) is 4.50. The molecule has 0 saturated heterocycles. The highest BCUT2D eigenvalue weighted by Gasteiger charge is 2.28. The predicted molar refractivity (Wildman–Crippen MR) is 85.5 cm³/mol. The minimum Gasteiger partial charge on any atom is -0.348 e. The van der Waals surface area contributed by atoms with Crippen LogP contribution in [0, 0.1) is 5.92 Å². The topological polar surface area (TPSA) is 63.2 Å². The van der Waals surface area contributed by atoms with Gasteiger partial charge in [0.1, 0.15) is 11.7 Å². The van der Waals surface area contributed by atoms with Gasteiger partial charge in [0.15, 0.2) is 5.78 Å². The van der Waals surface area contributed by atoms with Crippen LogP contribution < -0.4 is 5.32 Å². The van der Waals surface area contributed by atoms with Gasteiger partial charge in [-0.1, -0.05) is 30.3 Å². The Balaban J connectivity index is 2.69. The van der Waals surface area contributed by atoms with Crippen molar-refractivity contribution < 1.29 is 14.4 Å². The van der Waals surface area contributed by atoms with Gasteiger partial charge in [-0.05, 0) is 24.6 Å². The van der Waals surface area contributed by atoms with Crippen LogP contribution in [-0.4, -0.2) is 23.2 Å². The lowest BCUT2D eigenvalue weighted by Gasteiger charge is -2.14. The van der Waals surface area contributed by atoms with Gasteiger partial charge in [0, 0.05) is 17.1 Å². The molecule has 1 amide bonds. The number of ketones is 2. The molecule has 4 nitrogen and oxygen atoms in total. The Morgan fingerprint density at radius 2 is 1.86 bits per heavy atom. The van der Waals surface area contributed by atoms with Gasteiger partial charge >= 0.3 is 0 Å². The van der Waals surface area contributed by atoms with Crippen molar-refractivity contribution in [2.75, 3.05) is 5.75 Å². The molecule has 0 aliphatic rings. The molecule has 1 aromatic rings. The molecular formula is C15H16ClNO3S. The maximum atomic E-state index is 12.0. The summed E-state index contributed by atoms with van der Waals surface area (Å²) in [4.78, 5) is 35.1. The fraction of sp³-hybridized carbons (Fsp3) is 0.267. The van der Waals surface area contributed by atoms with Crippen molar-refractivity contribution in [1.29, 1.82) is 0 Å². The Labute approximate surface area is 134 Å². The number of hydrogen-bond acceptors (Lipinski definition) is 4. The Hall–Kier alpha value is -1.59. The zero-order valence-electron chi connectivity index (χ0n) is 11.6. The zero-order chi connectivity index (χ0) is 16.0. The lowest BCUT2D eigenvalue weighted by atomic mass is 9.92. The number of Topliss-reactive ketones (excluding diaryl/α,β-unsaturated/α-hetero) is 2. The van der Waals surface area contributed by atoms with E-state index in [1.807, 2.05) is 0 Å². The molecule has 1 rings (SSSR count). The number of amides is 1. The van der Waals surface area contributed by atoms with Crippen LogP contribution in [0.3, 0.4) is 0 Å². The normalized spacial score (nSPS) is 11.6. The van der Waals surface area contributed by atoms with E-state index in [1.54, 1.807) is 24.3 Å². The average molecular weight is 326 g/mol. The lowest BCUT2D eigenvalue weighted by Crippen LogP contribution is -2.34. The molecule has 0 radical (unpaired) electrons. The highest BCUT2D eigenvalue weighted by molar-refractivity contribution is 7.81. The first-order valence-corrected chi connectivity index (χ1v) is 7.23. The minimum absolute atomic E-state index is 0.0597. The standard InChI is InChI=1S/C15H16ClNO3S/c1-9(14(10(2)18)13(19)8-21)15(20)17-7-11-3-5-12(16)6-4-11/h3-6,14,21H,1,7-8H2,2H3,(H,17,20). The number of carbonyl (C=O) groups is 3. The van der Waals surface area contributed by atoms with Crippen LogP contribution in [-0.2, 0) is 20.9 Å². The molecule has 0 heterocycles. The van der Waals surface area contributed by atoms with Crippen molar-refractivity contribution in [1.82, 2.24) is 5.32 Å². The van der Waals surface area contributed by atoms with E-state index in [1.165, 1.54) is 6.92 Å². The molecule has 6 heteroatoms. The van der Waals surface area contributed by atoms with E-state index < -0.39 is 23.4 Å². The van der Waals surface area contributed by atoms with Crippen LogP contribution >= 0.6 is 24.2 Å². The molecule has 1 aromatic carbocycles. The Morgan fingerprint density at radius 1 is 1.29 bits per heavy atom. The monoisotopic (exact) mass is 325 g/mol. The number of thiol groups is 1. The summed E-state index contributed by atoms with van der Waals surface area (Å²) in [6, 6.07) is 6.96. The lowest BCUT2D eigenvalue weighted by molar-refractivity contribution is -0.131. The summed E-state index contributed by atoms with van der Waals surface area (Å²) in [5, 5.41) is 3.22. The number of halogens is 1. The smallest absolute Gasteiger partial charge is 0.248 e. The molecule has 0 aromatic heterocycles. The van der Waals surface area contributed by atoms with Crippen LogP contribution in [0.2, 0.25) is 5.02 Å². The molecule has 0 aliphatic carbocycles. The van der Waals surface area contributed by atoms with Gasteiger partial charge in [-0.3, -0.25) is 14.4 Å². The molecule has 0 fully saturated rings. The average Bonchev–Trinajstić information content (AvgIpc) is 2.45. The molecule has 21 heavy (non-hydrogen) atoms. The fourth-order valence-corrected chi connectivity index (χ4v) is 2.10. The van der Waals surface area contributed by atoms with Crippen molar-refractivity contribution >= 4 is 41.7 Å². The molecule has 112 valence electrons. The highest BCUT2D eigenvalue weighted by atomic mass is 35.5. The molecule has 1 unspecified atom stereocenters. The molecule has 0 bridgehead atoms. The summed E-state index contributed by atoms with van der Waals surface area (Å²) in [7, 11) is 0. The van der Waals surface area contributed by atoms with E-state index in [9.17, 15) is 14.4 Å². The van der Waals surface area contributed by atoms with Crippen LogP contribution in [0.1, 0.15) is 12.5 Å². The van der Waals surface area contributed by atoms with Gasteiger partial charge in [-0.25, -0.2) is 0 Å². The van der Waals surface area contributed by atoms with E-state index in [0.717, 1.165) is 5.56 Å². The van der Waals surface area contributed by atoms with Gasteiger partial charge in [0.05, 0.1) is 5.75 Å². The van der Waals surface area contributed by atoms with Gasteiger partial charge in [-0.2, -0.15) is 12.6 Å². The predicted octanol–water partition coefficient (Wildman–Crippen LogP) is 2.22.